The van der Waals surface area contributed by atoms with Crippen LogP contribution in [0, 0.1) is 0 Å². The average Bonchev–Trinajstić information content (AvgIpc) is 1.68. The molecule has 2 heterocycles. The largest absolute Gasteiger partial charge is 1.00 e. The van der Waals surface area contributed by atoms with Gasteiger partial charge in [-0.05, 0) is 137 Å². The summed E-state index contributed by atoms with van der Waals surface area (Å²) in [4.78, 5) is 115. The van der Waals surface area contributed by atoms with Gasteiger partial charge in [-0.15, -0.1) is 0 Å². The molecule has 440 valence electrons. The number of rotatable bonds is 14. The van der Waals surface area contributed by atoms with Gasteiger partial charge in [-0.2, -0.15) is 13.2 Å². The van der Waals surface area contributed by atoms with Crippen molar-refractivity contribution in [1.82, 2.24) is 0 Å². The number of hydrogen-bond acceptors (Lipinski definition) is 16. The maximum absolute atomic E-state index is 12.5. The molecule has 23 nitrogen and oxygen atoms in total. The molecule has 0 fully saturated rings. The summed E-state index contributed by atoms with van der Waals surface area (Å²) < 4.78 is 39.4. The first-order valence-corrected chi connectivity index (χ1v) is 24.9. The number of nitrogens with two attached hydrogens (primary N) is 1. The van der Waals surface area contributed by atoms with Crippen LogP contribution in [-0.4, -0.2) is 113 Å². The molecule has 0 aromatic heterocycles. The fourth-order valence-electron chi connectivity index (χ4n) is 6.79. The maximum atomic E-state index is 12.5. The molecule has 86 heavy (non-hydrogen) atoms. The normalized spacial score (nSPS) is 11.7. The van der Waals surface area contributed by atoms with Crippen LogP contribution in [0.15, 0.2) is 146 Å². The van der Waals surface area contributed by atoms with Crippen molar-refractivity contribution in [2.24, 2.45) is 0 Å². The van der Waals surface area contributed by atoms with E-state index in [1.807, 2.05) is 22.6 Å². The number of amides is 4. The zero-order chi connectivity index (χ0) is 62.8. The second-order valence-electron chi connectivity index (χ2n) is 16.3. The molecule has 8 rings (SSSR count). The van der Waals surface area contributed by atoms with Crippen molar-refractivity contribution < 1.29 is 216 Å². The molecule has 0 bridgehead atoms. The number of halogens is 4. The molecule has 0 saturated carbocycles. The topological polar surface area (TPSA) is 386 Å². The molecule has 4 amide bonds. The smallest absolute Gasteiger partial charge is 1.00 e. The number of methoxy groups -OCH3 is 1. The van der Waals surface area contributed by atoms with E-state index in [2.05, 4.69) is 4.89 Å². The Bertz CT molecular complexity index is 3500. The van der Waals surface area contributed by atoms with Gasteiger partial charge in [0.25, 0.3) is 30.1 Å². The second kappa shape index (κ2) is 37.9. The van der Waals surface area contributed by atoms with E-state index in [0.717, 1.165) is 51.8 Å². The minimum Gasteiger partial charge on any atom is -1.00 e. The van der Waals surface area contributed by atoms with Crippen LogP contribution < -0.4 is 128 Å². The molecule has 6 aromatic rings. The van der Waals surface area contributed by atoms with Crippen molar-refractivity contribution in [2.75, 3.05) is 27.1 Å². The number of aliphatic carboxylic acids is 3. The minimum absolute atomic E-state index is 0. The van der Waals surface area contributed by atoms with E-state index in [1.165, 1.54) is 43.5 Å². The number of nitrogens with zero attached hydrogens (tertiary/aromatic N) is 2. The average molecular weight is 1360 g/mol. The summed E-state index contributed by atoms with van der Waals surface area (Å²) in [5, 5.41) is 69.5. The summed E-state index contributed by atoms with van der Waals surface area (Å²) >= 11 is 1.93. The molecule has 9 N–H and O–H groups in total. The predicted molar refractivity (Wildman–Crippen MR) is 302 cm³/mol. The number of phenols is 2. The molecular weight excluding hydrogens is 1310 g/mol. The molecule has 0 unspecified atom stereocenters. The van der Waals surface area contributed by atoms with E-state index in [1.54, 1.807) is 91.0 Å². The minimum atomic E-state index is -3.95. The van der Waals surface area contributed by atoms with E-state index >= 15 is 0 Å². The number of carboxylic acids is 5. The van der Waals surface area contributed by atoms with Crippen molar-refractivity contribution in [1.29, 1.82) is 0 Å². The maximum Gasteiger partial charge on any atom is 1.00 e. The second-order valence-corrected chi connectivity index (χ2v) is 17.4. The van der Waals surface area contributed by atoms with Crippen LogP contribution in [0.4, 0.5) is 30.2 Å². The van der Waals surface area contributed by atoms with Gasteiger partial charge >= 0.3 is 139 Å². The fraction of sp³-hybridized carbons (Fsp3) is 0.0877. The summed E-state index contributed by atoms with van der Waals surface area (Å²) in [5.74, 6) is -7.41. The third kappa shape index (κ3) is 24.9. The van der Waals surface area contributed by atoms with Crippen molar-refractivity contribution in [3.63, 3.8) is 0 Å². The van der Waals surface area contributed by atoms with E-state index in [0.29, 0.717) is 49.5 Å². The monoisotopic (exact) mass is 1360 g/mol. The van der Waals surface area contributed by atoms with Crippen LogP contribution in [0.2, 0.25) is 0 Å². The van der Waals surface area contributed by atoms with Gasteiger partial charge < -0.3 is 57.8 Å². The third-order valence-electron chi connectivity index (χ3n) is 10.6. The standard InChI is InChI=1S/C18H13NO5.C17H11NO5.C9H9NO2.C8H6O5.C4H6F3I.CH2O3.2K.H/c1-24-13-7-8-14-15(10-13)18(23)19(17(14)22)12-5-2-11(3-6-12)4-9-16(20)21;19-12-6-7-13-14(9-12)17(23)18(16(13)22)11-4-1-10(2-5-11)3-8-15(20)21;10-8-4-1-7(2-5-8)3-6-9(11)12;9-4-1-2-5(7(10)11)6(3-4)8(12)13;5-4(6,7)2-1-3-8;2-1-4-3;;;/h2-10H,1H3,(H,20,21);1-9,19H,(H,20,21);1-6H,10H2,(H,11,12);1-3,9H,(H,10,11)(H,12,13);1-3H2;1,3H;;;/q;;;;;;2*+1;-1/p-1. The van der Waals surface area contributed by atoms with E-state index < -0.39 is 71.6 Å². The summed E-state index contributed by atoms with van der Waals surface area (Å²) in [7, 11) is 1.49. The first-order valence-electron chi connectivity index (χ1n) is 23.4. The molecule has 0 aliphatic carbocycles. The number of anilines is 3. The number of hydrogen-bond donors (Lipinski definition) is 8. The van der Waals surface area contributed by atoms with Crippen LogP contribution in [0.3, 0.4) is 0 Å². The zero-order valence-corrected chi connectivity index (χ0v) is 53.6. The van der Waals surface area contributed by atoms with E-state index in [4.69, 9.17) is 51.2 Å². The molecule has 6 aromatic carbocycles. The Hall–Kier alpha value is -7.41. The van der Waals surface area contributed by atoms with Gasteiger partial charge in [-0.1, -0.05) is 59.0 Å². The number of carbonyl (C=O) groups is 10. The number of aromatic carboxylic acids is 2. The molecule has 0 atom stereocenters. The number of aromatic hydroxyl groups is 2. The molecule has 29 heteroatoms. The quantitative estimate of drug-likeness (QED) is 0.00893. The van der Waals surface area contributed by atoms with E-state index in [-0.39, 0.29) is 145 Å². The van der Waals surface area contributed by atoms with Crippen molar-refractivity contribution in [3.05, 3.63) is 196 Å². The predicted octanol–water partition coefficient (Wildman–Crippen LogP) is 2.36. The number of fused-ring (bicyclic) bond motifs is 2. The zero-order valence-electron chi connectivity index (χ0n) is 46.2. The van der Waals surface area contributed by atoms with Crippen molar-refractivity contribution in [3.8, 4) is 17.2 Å². The number of phenolic OH excluding ortho intramolecular Hbond substituents is 2. The SMILES string of the molecule is COc1ccc2c(c1)C(=O)N(c1ccc(C=CC(=O)O)cc1)C2=O.FC(F)(F)CCCI.Nc1ccc(C=CC(=O)O)cc1.O=C(O)C=Cc1ccc(N2C(=O)c3ccc(O)cc3C2=O)cc1.O=C(O)c1ccc(O)cc1C(=O)O.O=CO[O-].[H-].[K+].[K+]. The van der Waals surface area contributed by atoms with Crippen LogP contribution in [-0.2, 0) is 24.1 Å². The van der Waals surface area contributed by atoms with Crippen molar-refractivity contribution >= 4 is 118 Å². The number of benzene rings is 6. The number of carbonyl (C=O) groups excluding carboxylic acids is 5. The Balaban J connectivity index is 0.00000109. The van der Waals surface area contributed by atoms with Crippen LogP contribution in [0.25, 0.3) is 18.2 Å². The Morgan fingerprint density at radius 2 is 0.930 bits per heavy atom. The summed E-state index contributed by atoms with van der Waals surface area (Å²) in [6.07, 6.45) is 3.10. The molecule has 0 saturated heterocycles. The van der Waals surface area contributed by atoms with Gasteiger partial charge in [0.1, 0.15) is 17.2 Å². The number of nitrogen functional groups attached to an aromatic ring is 1. The number of alkyl halides is 4. The molecule has 2 aliphatic rings. The van der Waals surface area contributed by atoms with E-state index in [9.17, 15) is 61.4 Å². The summed E-state index contributed by atoms with van der Waals surface area (Å²) in [6, 6.07) is 31.6. The van der Waals surface area contributed by atoms with Gasteiger partial charge in [-0.3, -0.25) is 24.0 Å². The van der Waals surface area contributed by atoms with Crippen LogP contribution in [0.5, 0.6) is 17.2 Å². The number of ether oxygens (including phenoxy) is 1. The molecule has 2 aliphatic heterocycles. The Kier molecular flexibility index (Phi) is 33.8. The van der Waals surface area contributed by atoms with Crippen LogP contribution in [0.1, 0.15) is 93.1 Å². The fourth-order valence-corrected chi connectivity index (χ4v) is 7.17. The molecule has 0 spiro atoms. The first-order chi connectivity index (χ1) is 39.7. The van der Waals surface area contributed by atoms with Gasteiger partial charge in [0.2, 0.25) is 0 Å². The molecular formula is C57H47F3IK2N3O20. The Morgan fingerprint density at radius 1 is 0.570 bits per heavy atom. The van der Waals surface area contributed by atoms with Gasteiger partial charge in [0, 0.05) is 30.3 Å². The Labute approximate surface area is 585 Å². The summed E-state index contributed by atoms with van der Waals surface area (Å²) in [5.41, 5.74) is 9.28. The number of imide groups is 2. The first kappa shape index (κ1) is 76.6. The van der Waals surface area contributed by atoms with Crippen LogP contribution >= 0.6 is 22.6 Å². The van der Waals surface area contributed by atoms with Gasteiger partial charge in [0.15, 0.2) is 0 Å². The third-order valence-corrected chi connectivity index (χ3v) is 11.3. The van der Waals surface area contributed by atoms with Gasteiger partial charge in [-0.25, -0.2) is 33.8 Å². The number of carboxylic acid groups (broad SMARTS) is 5. The van der Waals surface area contributed by atoms with Crippen molar-refractivity contribution in [2.45, 2.75) is 19.0 Å². The molecule has 0 radical (unpaired) electrons. The Morgan fingerprint density at radius 3 is 1.28 bits per heavy atom. The summed E-state index contributed by atoms with van der Waals surface area (Å²) in [6.45, 7) is -0.181. The van der Waals surface area contributed by atoms with Gasteiger partial charge in [0.05, 0.1) is 51.9 Å².